The summed E-state index contributed by atoms with van der Waals surface area (Å²) in [7, 11) is 0. The Hall–Kier alpha value is -2.44. The van der Waals surface area contributed by atoms with Gasteiger partial charge in [-0.3, -0.25) is 19.8 Å². The van der Waals surface area contributed by atoms with E-state index >= 15 is 0 Å². The smallest absolute Gasteiger partial charge is 0.220 e. The van der Waals surface area contributed by atoms with Crippen LogP contribution in [0.25, 0.3) is 0 Å². The topological polar surface area (TPSA) is 118 Å². The van der Waals surface area contributed by atoms with Gasteiger partial charge in [0, 0.05) is 25.6 Å². The van der Waals surface area contributed by atoms with E-state index in [4.69, 9.17) is 11.5 Å². The zero-order valence-corrected chi connectivity index (χ0v) is 25.0. The zero-order valence-electron chi connectivity index (χ0n) is 25.0. The summed E-state index contributed by atoms with van der Waals surface area (Å²) in [6.45, 7) is 21.5. The van der Waals surface area contributed by atoms with E-state index in [1.54, 1.807) is 6.92 Å². The number of unbranched alkanes of at least 4 members (excludes halogenated alkanes) is 5. The molecule has 214 valence electrons. The van der Waals surface area contributed by atoms with Crippen LogP contribution < -0.4 is 16.8 Å². The van der Waals surface area contributed by atoms with Crippen molar-refractivity contribution in [1.82, 2.24) is 5.32 Å². The van der Waals surface area contributed by atoms with E-state index in [0.29, 0.717) is 18.1 Å². The SMILES string of the molecule is C=C(C)C(CCCCN=C(C)N)N=CCCCC.C=C(C)C(CCCCN=C(C)N)NC(=O)CCCC. The molecule has 0 aromatic rings. The molecule has 5 N–H and O–H groups in total. The van der Waals surface area contributed by atoms with Gasteiger partial charge in [-0.1, -0.05) is 51.0 Å². The number of nitrogens with zero attached hydrogens (tertiary/aromatic N) is 3. The quantitative estimate of drug-likeness (QED) is 0.0736. The van der Waals surface area contributed by atoms with Gasteiger partial charge < -0.3 is 16.8 Å². The number of aliphatic imine (C=N–C) groups is 3. The lowest BCUT2D eigenvalue weighted by Gasteiger charge is -2.18. The summed E-state index contributed by atoms with van der Waals surface area (Å²) in [4.78, 5) is 24.7. The molecule has 0 rings (SSSR count). The first-order valence-corrected chi connectivity index (χ1v) is 14.2. The fourth-order valence-electron chi connectivity index (χ4n) is 3.41. The molecule has 1 amide bonds. The van der Waals surface area contributed by atoms with Crippen LogP contribution in [0.15, 0.2) is 39.3 Å². The van der Waals surface area contributed by atoms with Gasteiger partial charge in [0.05, 0.1) is 17.7 Å². The predicted molar refractivity (Wildman–Crippen MR) is 165 cm³/mol. The fourth-order valence-corrected chi connectivity index (χ4v) is 3.41. The first-order valence-electron chi connectivity index (χ1n) is 14.2. The summed E-state index contributed by atoms with van der Waals surface area (Å²) in [6.07, 6.45) is 14.4. The van der Waals surface area contributed by atoms with Crippen LogP contribution in [-0.2, 0) is 4.79 Å². The van der Waals surface area contributed by atoms with Crippen molar-refractivity contribution in [2.45, 2.75) is 131 Å². The van der Waals surface area contributed by atoms with Crippen molar-refractivity contribution in [1.29, 1.82) is 0 Å². The molecule has 0 aliphatic carbocycles. The Labute approximate surface area is 228 Å². The van der Waals surface area contributed by atoms with Gasteiger partial charge in [0.15, 0.2) is 0 Å². The maximum atomic E-state index is 11.7. The van der Waals surface area contributed by atoms with E-state index in [-0.39, 0.29) is 18.0 Å². The molecular weight excluding hydrogens is 460 g/mol. The molecule has 0 radical (unpaired) electrons. The third kappa shape index (κ3) is 26.4. The highest BCUT2D eigenvalue weighted by molar-refractivity contribution is 5.77. The minimum atomic E-state index is 0.0901. The second kappa shape index (κ2) is 25.2. The number of nitrogens with two attached hydrogens (primary N) is 2. The van der Waals surface area contributed by atoms with Crippen LogP contribution in [0.3, 0.4) is 0 Å². The summed E-state index contributed by atoms with van der Waals surface area (Å²) < 4.78 is 0. The highest BCUT2D eigenvalue weighted by atomic mass is 16.1. The highest BCUT2D eigenvalue weighted by Crippen LogP contribution is 2.13. The molecule has 7 heteroatoms. The number of amidine groups is 2. The minimum absolute atomic E-state index is 0.0901. The average molecular weight is 519 g/mol. The number of rotatable bonds is 20. The van der Waals surface area contributed by atoms with Crippen LogP contribution in [0.1, 0.15) is 119 Å². The molecular formula is C30H58N6O. The molecule has 0 saturated carbocycles. The number of carbonyl (C=O) groups excluding carboxylic acids is 1. The lowest BCUT2D eigenvalue weighted by Crippen LogP contribution is -2.35. The summed E-state index contributed by atoms with van der Waals surface area (Å²) in [6, 6.07) is 0.372. The Balaban J connectivity index is 0. The molecule has 0 saturated heterocycles. The van der Waals surface area contributed by atoms with E-state index in [0.717, 1.165) is 82.0 Å². The normalized spacial score (nSPS) is 13.6. The fraction of sp³-hybridized carbons (Fsp3) is 0.733. The molecule has 0 aromatic heterocycles. The summed E-state index contributed by atoms with van der Waals surface area (Å²) >= 11 is 0. The maximum absolute atomic E-state index is 11.7. The van der Waals surface area contributed by atoms with Crippen molar-refractivity contribution < 1.29 is 4.79 Å². The monoisotopic (exact) mass is 518 g/mol. The molecule has 0 aliphatic heterocycles. The van der Waals surface area contributed by atoms with E-state index < -0.39 is 0 Å². The van der Waals surface area contributed by atoms with Gasteiger partial charge in [0.2, 0.25) is 5.91 Å². The molecule has 0 heterocycles. The second-order valence-corrected chi connectivity index (χ2v) is 9.94. The van der Waals surface area contributed by atoms with Gasteiger partial charge in [0.1, 0.15) is 0 Å². The molecule has 0 aromatic carbocycles. The number of hydrogen-bond donors (Lipinski definition) is 3. The van der Waals surface area contributed by atoms with E-state index in [9.17, 15) is 4.79 Å². The van der Waals surface area contributed by atoms with Crippen molar-refractivity contribution >= 4 is 23.8 Å². The van der Waals surface area contributed by atoms with Gasteiger partial charge in [-0.15, -0.1) is 0 Å². The van der Waals surface area contributed by atoms with Crippen molar-refractivity contribution in [3.8, 4) is 0 Å². The molecule has 0 spiro atoms. The van der Waals surface area contributed by atoms with Crippen LogP contribution in [0.4, 0.5) is 0 Å². The van der Waals surface area contributed by atoms with Gasteiger partial charge in [-0.2, -0.15) is 0 Å². The van der Waals surface area contributed by atoms with Crippen LogP contribution in [0, 0.1) is 0 Å². The van der Waals surface area contributed by atoms with Gasteiger partial charge in [-0.25, -0.2) is 0 Å². The van der Waals surface area contributed by atoms with Crippen LogP contribution in [0.5, 0.6) is 0 Å². The Kier molecular flexibility index (Phi) is 25.0. The lowest BCUT2D eigenvalue weighted by atomic mass is 10.0. The molecule has 7 nitrogen and oxygen atoms in total. The summed E-state index contributed by atoms with van der Waals surface area (Å²) in [5, 5.41) is 3.05. The Morgan fingerprint density at radius 2 is 1.35 bits per heavy atom. The number of hydrogen-bond acceptors (Lipinski definition) is 4. The lowest BCUT2D eigenvalue weighted by molar-refractivity contribution is -0.121. The first-order chi connectivity index (χ1) is 17.5. The summed E-state index contributed by atoms with van der Waals surface area (Å²) in [5.74, 6) is 1.43. The molecule has 2 unspecified atom stereocenters. The largest absolute Gasteiger partial charge is 0.388 e. The molecule has 37 heavy (non-hydrogen) atoms. The molecule has 0 aliphatic rings. The Bertz CT molecular complexity index is 703. The van der Waals surface area contributed by atoms with Crippen molar-refractivity contribution in [3.05, 3.63) is 24.3 Å². The summed E-state index contributed by atoms with van der Waals surface area (Å²) in [5.41, 5.74) is 13.1. The first kappa shape index (κ1) is 36.7. The second-order valence-electron chi connectivity index (χ2n) is 9.94. The van der Waals surface area contributed by atoms with Crippen LogP contribution in [-0.4, -0.2) is 49.0 Å². The third-order valence-electron chi connectivity index (χ3n) is 5.74. The predicted octanol–water partition coefficient (Wildman–Crippen LogP) is 6.52. The van der Waals surface area contributed by atoms with E-state index in [1.807, 2.05) is 13.8 Å². The number of amides is 1. The molecule has 0 fully saturated rings. The molecule has 2 atom stereocenters. The van der Waals surface area contributed by atoms with Gasteiger partial charge >= 0.3 is 0 Å². The average Bonchev–Trinajstić information content (AvgIpc) is 2.82. The van der Waals surface area contributed by atoms with Crippen molar-refractivity contribution in [2.75, 3.05) is 13.1 Å². The van der Waals surface area contributed by atoms with Crippen LogP contribution in [0.2, 0.25) is 0 Å². The van der Waals surface area contributed by atoms with Crippen molar-refractivity contribution in [3.63, 3.8) is 0 Å². The van der Waals surface area contributed by atoms with Gasteiger partial charge in [0.25, 0.3) is 0 Å². The van der Waals surface area contributed by atoms with E-state index in [1.165, 1.54) is 12.8 Å². The number of nitrogens with one attached hydrogen (secondary N) is 1. The minimum Gasteiger partial charge on any atom is -0.388 e. The Morgan fingerprint density at radius 1 is 0.811 bits per heavy atom. The maximum Gasteiger partial charge on any atom is 0.220 e. The van der Waals surface area contributed by atoms with E-state index in [2.05, 4.69) is 60.4 Å². The van der Waals surface area contributed by atoms with Gasteiger partial charge in [-0.05, 0) is 91.7 Å². The molecule has 0 bridgehead atoms. The Morgan fingerprint density at radius 3 is 1.81 bits per heavy atom. The number of carbonyl (C=O) groups is 1. The highest BCUT2D eigenvalue weighted by Gasteiger charge is 2.12. The standard InChI is InChI=1S/C15H29N3O.C15H29N3/c1-5-6-10-15(19)18-14(12(2)3)9-7-8-11-17-13(4)16;1-5-6-8-12-18-15(13(2)3)10-7-9-11-17-14(4)16/h14H,2,5-11H2,1,3-4H3,(H2,16,17)(H,18,19);12,15H,2,5-11H2,1,3-4H3,(H2,16,17). The van der Waals surface area contributed by atoms with Crippen LogP contribution >= 0.6 is 0 Å². The van der Waals surface area contributed by atoms with Crippen molar-refractivity contribution in [2.24, 2.45) is 26.4 Å². The zero-order chi connectivity index (χ0) is 28.5. The third-order valence-corrected chi connectivity index (χ3v) is 5.74.